The Kier molecular flexibility index (Phi) is 5.68. The van der Waals surface area contributed by atoms with Gasteiger partial charge in [0.15, 0.2) is 0 Å². The van der Waals surface area contributed by atoms with Crippen LogP contribution < -0.4 is 0 Å². The maximum absolute atomic E-state index is 12.2. The molecule has 196 valence electrons. The summed E-state index contributed by atoms with van der Waals surface area (Å²) < 4.78 is 12.7. The largest absolute Gasteiger partial charge is 0.463 e. The quantitative estimate of drug-likeness (QED) is 0.366. The van der Waals surface area contributed by atoms with Crippen molar-refractivity contribution >= 4 is 12.4 Å². The summed E-state index contributed by atoms with van der Waals surface area (Å²) in [7, 11) is 0. The number of hydrogen-bond acceptors (Lipinski definition) is 4. The highest BCUT2D eigenvalue weighted by molar-refractivity contribution is 5.66. The van der Waals surface area contributed by atoms with Gasteiger partial charge in [0, 0.05) is 19.4 Å². The van der Waals surface area contributed by atoms with Crippen molar-refractivity contribution in [2.75, 3.05) is 6.54 Å². The van der Waals surface area contributed by atoms with E-state index in [9.17, 15) is 9.59 Å². The summed E-state index contributed by atoms with van der Waals surface area (Å²) in [6, 6.07) is 0. The molecule has 2 saturated heterocycles. The second-order valence-corrected chi connectivity index (χ2v) is 14.2. The first-order chi connectivity index (χ1) is 16.6. The lowest BCUT2D eigenvalue weighted by atomic mass is 9.44. The molecule has 5 heteroatoms. The molecule has 0 N–H and O–H groups in total. The van der Waals surface area contributed by atoms with Gasteiger partial charge < -0.3 is 14.4 Å². The average Bonchev–Trinajstić information content (AvgIpc) is 3.26. The van der Waals surface area contributed by atoms with Crippen molar-refractivity contribution in [1.29, 1.82) is 0 Å². The molecule has 6 unspecified atom stereocenters. The average molecular weight is 486 g/mol. The number of carbonyl (C=O) groups excluding carboxylic acids is 2. The summed E-state index contributed by atoms with van der Waals surface area (Å²) in [6.45, 7) is 12.2. The molecule has 35 heavy (non-hydrogen) atoms. The summed E-state index contributed by atoms with van der Waals surface area (Å²) in [5, 5.41) is 0. The Balaban J connectivity index is 1.23. The minimum atomic E-state index is -0.368. The van der Waals surface area contributed by atoms with Crippen LogP contribution in [-0.2, 0) is 19.1 Å². The third-order valence-corrected chi connectivity index (χ3v) is 12.8. The van der Waals surface area contributed by atoms with Crippen molar-refractivity contribution in [2.24, 2.45) is 52.3 Å². The lowest BCUT2D eigenvalue weighted by Gasteiger charge is -2.61. The van der Waals surface area contributed by atoms with E-state index in [0.717, 1.165) is 56.4 Å². The lowest BCUT2D eigenvalue weighted by molar-refractivity contribution is -0.194. The smallest absolute Gasteiger partial charge is 0.302 e. The zero-order chi connectivity index (χ0) is 24.8. The van der Waals surface area contributed by atoms with Gasteiger partial charge in [0.25, 0.3) is 0 Å². The first kappa shape index (κ1) is 24.2. The van der Waals surface area contributed by atoms with E-state index in [4.69, 9.17) is 9.47 Å². The molecule has 6 aliphatic rings. The maximum atomic E-state index is 12.2. The number of amides is 1. The van der Waals surface area contributed by atoms with Crippen molar-refractivity contribution < 1.29 is 19.1 Å². The van der Waals surface area contributed by atoms with E-state index in [-0.39, 0.29) is 17.8 Å². The highest BCUT2D eigenvalue weighted by atomic mass is 16.5. The van der Waals surface area contributed by atoms with Gasteiger partial charge in [-0.1, -0.05) is 27.7 Å². The Labute approximate surface area is 212 Å². The molecule has 5 nitrogen and oxygen atoms in total. The number of ether oxygens (including phenoxy) is 2. The van der Waals surface area contributed by atoms with Gasteiger partial charge in [-0.3, -0.25) is 9.59 Å². The molecule has 6 rings (SSSR count). The number of fused-ring (bicyclic) bond motifs is 7. The molecule has 0 aromatic carbocycles. The van der Waals surface area contributed by atoms with Crippen LogP contribution in [0.15, 0.2) is 0 Å². The molecule has 12 atom stereocenters. The molecular weight excluding hydrogens is 438 g/mol. The van der Waals surface area contributed by atoms with Gasteiger partial charge in [0.2, 0.25) is 6.41 Å². The standard InChI is InChI=1S/C30H47NO4/c1-18-8-13-30(31(16-18)17-32)19(2)27-26(35-30)15-25-23-7-6-21-14-22(34-20(3)33)9-11-28(21,4)24(23)10-12-29(25,27)5/h17-19,21-27H,6-16H2,1-5H3/t18-,19?,21?,22+,23+,24?,25?,26?,27?,28-,29-,30-/m0/s1. The molecule has 0 aromatic rings. The van der Waals surface area contributed by atoms with E-state index in [1.54, 1.807) is 6.92 Å². The van der Waals surface area contributed by atoms with Crippen LogP contribution in [0, 0.1) is 52.3 Å². The summed E-state index contributed by atoms with van der Waals surface area (Å²) in [6.07, 6.45) is 13.4. The minimum Gasteiger partial charge on any atom is -0.463 e. The fourth-order valence-corrected chi connectivity index (χ4v) is 11.2. The molecule has 0 radical (unpaired) electrons. The minimum absolute atomic E-state index is 0.120. The molecule has 2 heterocycles. The number of carbonyl (C=O) groups is 2. The highest BCUT2D eigenvalue weighted by Crippen LogP contribution is 2.71. The number of likely N-dealkylation sites (tertiary alicyclic amines) is 1. The van der Waals surface area contributed by atoms with Crippen LogP contribution in [0.25, 0.3) is 0 Å². The maximum Gasteiger partial charge on any atom is 0.302 e. The first-order valence-corrected chi connectivity index (χ1v) is 14.7. The van der Waals surface area contributed by atoms with Crippen molar-refractivity contribution in [3.05, 3.63) is 0 Å². The topological polar surface area (TPSA) is 55.8 Å². The van der Waals surface area contributed by atoms with Crippen LogP contribution >= 0.6 is 0 Å². The predicted molar refractivity (Wildman–Crippen MR) is 134 cm³/mol. The fraction of sp³-hybridized carbons (Fsp3) is 0.933. The fourth-order valence-electron chi connectivity index (χ4n) is 11.2. The first-order valence-electron chi connectivity index (χ1n) is 14.7. The SMILES string of the molecule is CC(=O)O[C@@H]1CC[C@@]2(C)C(CC[C@@H]3C2CC[C@]2(C)C4C(CC32)O[C@@]2(CC[C@H](C)CN2C=O)C4C)C1. The van der Waals surface area contributed by atoms with E-state index < -0.39 is 0 Å². The van der Waals surface area contributed by atoms with Crippen molar-refractivity contribution in [3.8, 4) is 0 Å². The lowest BCUT2D eigenvalue weighted by Crippen LogP contribution is -2.59. The second-order valence-electron chi connectivity index (χ2n) is 14.2. The van der Waals surface area contributed by atoms with Gasteiger partial charge in [0.05, 0.1) is 6.10 Å². The van der Waals surface area contributed by atoms with Crippen LogP contribution in [0.2, 0.25) is 0 Å². The van der Waals surface area contributed by atoms with E-state index in [1.165, 1.54) is 38.5 Å². The Bertz CT molecular complexity index is 876. The van der Waals surface area contributed by atoms with E-state index in [0.29, 0.717) is 40.6 Å². The summed E-state index contributed by atoms with van der Waals surface area (Å²) in [5.74, 6) is 4.44. The van der Waals surface area contributed by atoms with Crippen molar-refractivity contribution in [1.82, 2.24) is 4.90 Å². The normalized spacial score (nSPS) is 55.0. The van der Waals surface area contributed by atoms with Crippen LogP contribution in [0.3, 0.4) is 0 Å². The summed E-state index contributed by atoms with van der Waals surface area (Å²) >= 11 is 0. The Morgan fingerprint density at radius 3 is 2.49 bits per heavy atom. The zero-order valence-corrected chi connectivity index (χ0v) is 22.6. The van der Waals surface area contributed by atoms with Crippen molar-refractivity contribution in [3.63, 3.8) is 0 Å². The van der Waals surface area contributed by atoms with E-state index in [1.807, 2.05) is 4.90 Å². The van der Waals surface area contributed by atoms with Crippen LogP contribution in [0.1, 0.15) is 98.8 Å². The van der Waals surface area contributed by atoms with E-state index in [2.05, 4.69) is 27.7 Å². The molecule has 4 aliphatic carbocycles. The molecule has 0 aromatic heterocycles. The third kappa shape index (κ3) is 3.35. The van der Waals surface area contributed by atoms with Crippen LogP contribution in [-0.4, -0.2) is 41.8 Å². The van der Waals surface area contributed by atoms with Gasteiger partial charge in [-0.25, -0.2) is 0 Å². The molecule has 0 bridgehead atoms. The van der Waals surface area contributed by atoms with Gasteiger partial charge in [-0.15, -0.1) is 0 Å². The third-order valence-electron chi connectivity index (χ3n) is 12.8. The predicted octanol–water partition coefficient (Wildman–Crippen LogP) is 5.81. The van der Waals surface area contributed by atoms with Gasteiger partial charge in [-0.2, -0.15) is 0 Å². The number of esters is 1. The molecule has 1 amide bonds. The van der Waals surface area contributed by atoms with Crippen LogP contribution in [0.5, 0.6) is 0 Å². The Hall–Kier alpha value is -1.10. The molecule has 1 spiro atoms. The number of piperidine rings is 1. The summed E-state index contributed by atoms with van der Waals surface area (Å²) in [4.78, 5) is 25.8. The zero-order valence-electron chi connectivity index (χ0n) is 22.6. The highest BCUT2D eigenvalue weighted by Gasteiger charge is 2.69. The molecule has 6 fully saturated rings. The van der Waals surface area contributed by atoms with Gasteiger partial charge in [-0.05, 0) is 111 Å². The second kappa shape index (κ2) is 8.20. The monoisotopic (exact) mass is 485 g/mol. The van der Waals surface area contributed by atoms with Crippen molar-refractivity contribution in [2.45, 2.75) is 117 Å². The molecule has 4 saturated carbocycles. The number of nitrogens with zero attached hydrogens (tertiary/aromatic N) is 1. The van der Waals surface area contributed by atoms with Gasteiger partial charge in [0.1, 0.15) is 11.8 Å². The molecule has 2 aliphatic heterocycles. The molecular formula is C30H47NO4. The van der Waals surface area contributed by atoms with Crippen LogP contribution in [0.4, 0.5) is 0 Å². The van der Waals surface area contributed by atoms with Gasteiger partial charge >= 0.3 is 5.97 Å². The Morgan fingerprint density at radius 1 is 0.971 bits per heavy atom. The Morgan fingerprint density at radius 2 is 1.74 bits per heavy atom. The van der Waals surface area contributed by atoms with E-state index >= 15 is 0 Å². The summed E-state index contributed by atoms with van der Waals surface area (Å²) in [5.41, 5.74) is 0.345. The number of rotatable bonds is 2. The number of hydrogen-bond donors (Lipinski definition) is 0.